The number of benzene rings is 2. The van der Waals surface area contributed by atoms with Crippen molar-refractivity contribution in [2.75, 3.05) is 14.2 Å². The van der Waals surface area contributed by atoms with Crippen molar-refractivity contribution in [3.8, 4) is 11.5 Å². The van der Waals surface area contributed by atoms with Crippen LogP contribution in [0.5, 0.6) is 11.5 Å². The van der Waals surface area contributed by atoms with Gasteiger partial charge in [-0.25, -0.2) is 4.39 Å². The van der Waals surface area contributed by atoms with Gasteiger partial charge in [0.05, 0.1) is 24.1 Å². The van der Waals surface area contributed by atoms with E-state index in [-0.39, 0.29) is 9.85 Å². The lowest BCUT2D eigenvalue weighted by Crippen LogP contribution is -2.00. The van der Waals surface area contributed by atoms with Crippen molar-refractivity contribution in [1.82, 2.24) is 0 Å². The maximum Gasteiger partial charge on any atom is 0.142 e. The number of halogens is 4. The fraction of sp³-hybridized carbons (Fsp3) is 0.200. The average Bonchev–Trinajstić information content (AvgIpc) is 2.49. The molecule has 112 valence electrons. The zero-order valence-corrected chi connectivity index (χ0v) is 15.2. The maximum absolute atomic E-state index is 13.6. The van der Waals surface area contributed by atoms with E-state index in [1.54, 1.807) is 20.3 Å². The van der Waals surface area contributed by atoms with Gasteiger partial charge in [-0.05, 0) is 39.7 Å². The van der Waals surface area contributed by atoms with Gasteiger partial charge < -0.3 is 9.47 Å². The zero-order chi connectivity index (χ0) is 15.6. The molecule has 2 rings (SSSR count). The molecule has 0 aromatic heterocycles. The number of hydrogen-bond donors (Lipinski definition) is 0. The molecule has 6 heteroatoms. The lowest BCUT2D eigenvalue weighted by atomic mass is 10.0. The Bertz CT molecular complexity index is 664. The second-order valence-corrected chi connectivity index (χ2v) is 6.36. The molecule has 1 atom stereocenters. The van der Waals surface area contributed by atoms with Gasteiger partial charge in [-0.2, -0.15) is 0 Å². The van der Waals surface area contributed by atoms with Crippen LogP contribution in [0.4, 0.5) is 4.39 Å². The molecule has 0 aliphatic carbocycles. The second-order valence-electron chi connectivity index (χ2n) is 4.24. The quantitative estimate of drug-likeness (QED) is 0.567. The molecule has 1 unspecified atom stereocenters. The first-order valence-electron chi connectivity index (χ1n) is 5.99. The minimum absolute atomic E-state index is 0.0985. The molecule has 2 nitrogen and oxygen atoms in total. The van der Waals surface area contributed by atoms with Gasteiger partial charge in [-0.3, -0.25) is 0 Å². The van der Waals surface area contributed by atoms with Gasteiger partial charge in [-0.15, -0.1) is 0 Å². The van der Waals surface area contributed by atoms with Gasteiger partial charge in [0.2, 0.25) is 0 Å². The zero-order valence-electron chi connectivity index (χ0n) is 11.3. The van der Waals surface area contributed by atoms with E-state index in [9.17, 15) is 4.39 Å². The normalized spacial score (nSPS) is 12.1. The van der Waals surface area contributed by atoms with Crippen molar-refractivity contribution in [3.05, 3.63) is 56.8 Å². The van der Waals surface area contributed by atoms with Crippen molar-refractivity contribution in [3.63, 3.8) is 0 Å². The molecule has 2 aromatic carbocycles. The van der Waals surface area contributed by atoms with Crippen LogP contribution >= 0.6 is 43.5 Å². The third-order valence-electron chi connectivity index (χ3n) is 3.03. The van der Waals surface area contributed by atoms with E-state index in [0.29, 0.717) is 16.0 Å². The molecule has 21 heavy (non-hydrogen) atoms. The van der Waals surface area contributed by atoms with Crippen LogP contribution in [0.25, 0.3) is 0 Å². The largest absolute Gasteiger partial charge is 0.495 e. The number of ether oxygens (including phenoxy) is 2. The van der Waals surface area contributed by atoms with Crippen LogP contribution < -0.4 is 9.47 Å². The third kappa shape index (κ3) is 3.35. The molecule has 0 radical (unpaired) electrons. The molecule has 0 amide bonds. The molecule has 2 aromatic rings. The molecule has 0 bridgehead atoms. The summed E-state index contributed by atoms with van der Waals surface area (Å²) in [4.78, 5) is -0.235. The highest BCUT2D eigenvalue weighted by Gasteiger charge is 2.20. The summed E-state index contributed by atoms with van der Waals surface area (Å²) in [5.41, 5.74) is 1.60. The molecule has 0 saturated carbocycles. The highest BCUT2D eigenvalue weighted by Crippen LogP contribution is 2.44. The predicted octanol–water partition coefficient (Wildman–Crippen LogP) is 5.74. The van der Waals surface area contributed by atoms with Gasteiger partial charge >= 0.3 is 0 Å². The van der Waals surface area contributed by atoms with Crippen molar-refractivity contribution >= 4 is 43.5 Å². The number of hydrogen-bond acceptors (Lipinski definition) is 2. The van der Waals surface area contributed by atoms with Crippen LogP contribution in [0.3, 0.4) is 0 Å². The molecule has 0 saturated heterocycles. The summed E-state index contributed by atoms with van der Waals surface area (Å²) in [7, 11) is 3.16. The van der Waals surface area contributed by atoms with Crippen molar-refractivity contribution in [1.29, 1.82) is 0 Å². The van der Waals surface area contributed by atoms with E-state index >= 15 is 0 Å². The van der Waals surface area contributed by atoms with E-state index in [1.165, 1.54) is 12.1 Å². The Balaban J connectivity index is 2.50. The molecular weight excluding hydrogens is 426 g/mol. The van der Waals surface area contributed by atoms with Gasteiger partial charge in [0.1, 0.15) is 21.8 Å². The van der Waals surface area contributed by atoms with Gasteiger partial charge in [0.15, 0.2) is 0 Å². The van der Waals surface area contributed by atoms with Crippen LogP contribution in [-0.4, -0.2) is 14.2 Å². The molecule has 0 spiro atoms. The summed E-state index contributed by atoms with van der Waals surface area (Å²) in [6, 6.07) is 8.39. The van der Waals surface area contributed by atoms with Crippen LogP contribution in [0.1, 0.15) is 16.0 Å². The monoisotopic (exact) mass is 436 g/mol. The molecule has 0 fully saturated rings. The Morgan fingerprint density at radius 1 is 1.14 bits per heavy atom. The first-order valence-corrected chi connectivity index (χ1v) is 8.07. The highest BCUT2D eigenvalue weighted by atomic mass is 79.9. The lowest BCUT2D eigenvalue weighted by Gasteiger charge is -2.18. The molecule has 0 aliphatic rings. The molecule has 0 heterocycles. The second kappa shape index (κ2) is 6.99. The Labute approximate surface area is 144 Å². The number of alkyl halides is 1. The molecule has 0 N–H and O–H groups in total. The van der Waals surface area contributed by atoms with E-state index in [2.05, 4.69) is 31.9 Å². The summed E-state index contributed by atoms with van der Waals surface area (Å²) >= 11 is 12.7. The smallest absolute Gasteiger partial charge is 0.142 e. The minimum atomic E-state index is -0.454. The lowest BCUT2D eigenvalue weighted by molar-refractivity contribution is 0.386. The molecular formula is C15H12Br2ClFO2. The van der Waals surface area contributed by atoms with E-state index in [0.717, 1.165) is 11.1 Å². The Hall–Kier alpha value is -0.780. The summed E-state index contributed by atoms with van der Waals surface area (Å²) in [5.74, 6) is 0.842. The van der Waals surface area contributed by atoms with Gasteiger partial charge in [-0.1, -0.05) is 39.7 Å². The molecule has 0 aliphatic heterocycles. The predicted molar refractivity (Wildman–Crippen MR) is 89.4 cm³/mol. The van der Waals surface area contributed by atoms with Crippen LogP contribution in [0, 0.1) is 5.82 Å². The fourth-order valence-corrected chi connectivity index (χ4v) is 3.41. The first-order chi connectivity index (χ1) is 9.99. The Kier molecular flexibility index (Phi) is 5.52. The fourth-order valence-electron chi connectivity index (χ4n) is 1.97. The third-order valence-corrected chi connectivity index (χ3v) is 5.10. The Morgan fingerprint density at radius 2 is 1.86 bits per heavy atom. The summed E-state index contributed by atoms with van der Waals surface area (Å²) in [6.45, 7) is 0. The average molecular weight is 439 g/mol. The summed E-state index contributed by atoms with van der Waals surface area (Å²) in [6.07, 6.45) is 0. The highest BCUT2D eigenvalue weighted by molar-refractivity contribution is 9.10. The van der Waals surface area contributed by atoms with Crippen LogP contribution in [0.2, 0.25) is 5.02 Å². The van der Waals surface area contributed by atoms with Crippen LogP contribution in [0.15, 0.2) is 34.8 Å². The van der Waals surface area contributed by atoms with Gasteiger partial charge in [0.25, 0.3) is 0 Å². The summed E-state index contributed by atoms with van der Waals surface area (Å²) in [5, 5.41) is 0.0985. The van der Waals surface area contributed by atoms with Crippen molar-refractivity contribution < 1.29 is 13.9 Å². The van der Waals surface area contributed by atoms with Crippen LogP contribution in [-0.2, 0) is 0 Å². The van der Waals surface area contributed by atoms with Crippen molar-refractivity contribution in [2.24, 2.45) is 0 Å². The topological polar surface area (TPSA) is 18.5 Å². The van der Waals surface area contributed by atoms with E-state index in [4.69, 9.17) is 21.1 Å². The van der Waals surface area contributed by atoms with E-state index < -0.39 is 5.82 Å². The van der Waals surface area contributed by atoms with E-state index in [1.807, 2.05) is 12.1 Å². The minimum Gasteiger partial charge on any atom is -0.495 e. The number of rotatable bonds is 4. The van der Waals surface area contributed by atoms with Crippen molar-refractivity contribution in [2.45, 2.75) is 4.83 Å². The summed E-state index contributed by atoms with van der Waals surface area (Å²) < 4.78 is 25.0. The maximum atomic E-state index is 13.6. The Morgan fingerprint density at radius 3 is 2.43 bits per heavy atom. The SMILES string of the molecule is COc1ccc(C(Br)c2ccc(Cl)c(F)c2)c(OC)c1Br. The van der Waals surface area contributed by atoms with Gasteiger partial charge in [0, 0.05) is 5.56 Å². The number of methoxy groups -OCH3 is 2. The first kappa shape index (κ1) is 16.6. The standard InChI is InChI=1S/C15H12Br2ClFO2/c1-20-12-6-4-9(15(21-2)14(12)17)13(16)8-3-5-10(18)11(19)7-8/h3-7,13H,1-2H3.